The number of hydrogen-bond acceptors (Lipinski definition) is 2. The summed E-state index contributed by atoms with van der Waals surface area (Å²) in [6, 6.07) is 13.9. The van der Waals surface area contributed by atoms with Crippen LogP contribution in [-0.4, -0.2) is 12.4 Å². The van der Waals surface area contributed by atoms with Crippen LogP contribution in [0.25, 0.3) is 6.08 Å². The first-order valence-electron chi connectivity index (χ1n) is 7.01. The second kappa shape index (κ2) is 6.10. The Morgan fingerprint density at radius 3 is 2.45 bits per heavy atom. The molecule has 0 radical (unpaired) electrons. The maximum atomic E-state index is 12.4. The molecule has 0 unspecified atom stereocenters. The van der Waals surface area contributed by atoms with Gasteiger partial charge in [-0.25, -0.2) is 0 Å². The van der Waals surface area contributed by atoms with Gasteiger partial charge in [0.05, 0.1) is 0 Å². The molecule has 0 amide bonds. The van der Waals surface area contributed by atoms with Gasteiger partial charge in [0, 0.05) is 11.1 Å². The molecule has 22 heavy (non-hydrogen) atoms. The minimum Gasteiger partial charge on any atom is -0.435 e. The Kier molecular flexibility index (Phi) is 4.00. The predicted molar refractivity (Wildman–Crippen MR) is 80.1 cm³/mol. The molecular formula is C18H14F2O2. The van der Waals surface area contributed by atoms with Crippen molar-refractivity contribution < 1.29 is 18.3 Å². The molecule has 0 fully saturated rings. The van der Waals surface area contributed by atoms with Crippen LogP contribution in [0.15, 0.2) is 54.1 Å². The molecule has 1 aliphatic rings. The van der Waals surface area contributed by atoms with E-state index in [-0.39, 0.29) is 11.5 Å². The van der Waals surface area contributed by atoms with Crippen molar-refractivity contribution in [2.75, 3.05) is 0 Å². The predicted octanol–water partition coefficient (Wildman–Crippen LogP) is 4.50. The highest BCUT2D eigenvalue weighted by Crippen LogP contribution is 2.27. The van der Waals surface area contributed by atoms with E-state index in [9.17, 15) is 13.6 Å². The number of fused-ring (bicyclic) bond motifs is 1. The second-order valence-corrected chi connectivity index (χ2v) is 5.10. The smallest absolute Gasteiger partial charge is 0.387 e. The fourth-order valence-corrected chi connectivity index (χ4v) is 2.60. The highest BCUT2D eigenvalue weighted by molar-refractivity contribution is 6.13. The molecule has 0 saturated carbocycles. The molecule has 0 N–H and O–H groups in total. The van der Waals surface area contributed by atoms with Gasteiger partial charge in [-0.15, -0.1) is 0 Å². The van der Waals surface area contributed by atoms with E-state index in [1.165, 1.54) is 12.1 Å². The van der Waals surface area contributed by atoms with Crippen LogP contribution in [0.4, 0.5) is 8.78 Å². The Morgan fingerprint density at radius 1 is 1.00 bits per heavy atom. The van der Waals surface area contributed by atoms with Gasteiger partial charge in [-0.3, -0.25) is 4.79 Å². The molecule has 0 aromatic heterocycles. The first kappa shape index (κ1) is 14.4. The van der Waals surface area contributed by atoms with Crippen molar-refractivity contribution in [3.63, 3.8) is 0 Å². The monoisotopic (exact) mass is 300 g/mol. The van der Waals surface area contributed by atoms with Crippen LogP contribution in [0, 0.1) is 0 Å². The van der Waals surface area contributed by atoms with Crippen molar-refractivity contribution in [3.8, 4) is 5.75 Å². The van der Waals surface area contributed by atoms with E-state index in [0.717, 1.165) is 28.7 Å². The van der Waals surface area contributed by atoms with Gasteiger partial charge in [-0.1, -0.05) is 36.4 Å². The summed E-state index contributed by atoms with van der Waals surface area (Å²) in [6.45, 7) is -2.83. The number of carbonyl (C=O) groups is 1. The number of aryl methyl sites for hydroxylation is 1. The van der Waals surface area contributed by atoms with Gasteiger partial charge in [-0.2, -0.15) is 8.78 Å². The zero-order chi connectivity index (χ0) is 15.5. The Hall–Kier alpha value is -2.49. The standard InChI is InChI=1S/C18H14F2O2/c19-18(20)22-15-9-5-12(6-10-15)11-14-8-7-13-3-1-2-4-16(13)17(14)21/h1-6,9-11,18H,7-8H2/b14-11-. The van der Waals surface area contributed by atoms with E-state index < -0.39 is 6.61 Å². The fraction of sp³-hybridized carbons (Fsp3) is 0.167. The van der Waals surface area contributed by atoms with Gasteiger partial charge in [0.25, 0.3) is 0 Å². The minimum absolute atomic E-state index is 0.0368. The van der Waals surface area contributed by atoms with Crippen LogP contribution in [-0.2, 0) is 6.42 Å². The van der Waals surface area contributed by atoms with Crippen molar-refractivity contribution in [2.45, 2.75) is 19.5 Å². The number of allylic oxidation sites excluding steroid dienone is 1. The van der Waals surface area contributed by atoms with E-state index >= 15 is 0 Å². The average Bonchev–Trinajstić information content (AvgIpc) is 2.52. The molecule has 0 heterocycles. The van der Waals surface area contributed by atoms with Gasteiger partial charge >= 0.3 is 6.61 Å². The zero-order valence-corrected chi connectivity index (χ0v) is 11.8. The third-order valence-corrected chi connectivity index (χ3v) is 3.66. The number of hydrogen-bond donors (Lipinski definition) is 0. The fourth-order valence-electron chi connectivity index (χ4n) is 2.60. The summed E-state index contributed by atoms with van der Waals surface area (Å²) in [5, 5.41) is 0. The largest absolute Gasteiger partial charge is 0.435 e. The molecule has 3 rings (SSSR count). The van der Waals surface area contributed by atoms with E-state index in [1.54, 1.807) is 12.1 Å². The number of ketones is 1. The highest BCUT2D eigenvalue weighted by atomic mass is 19.3. The third kappa shape index (κ3) is 3.06. The van der Waals surface area contributed by atoms with Crippen molar-refractivity contribution in [2.24, 2.45) is 0 Å². The average molecular weight is 300 g/mol. The van der Waals surface area contributed by atoms with E-state index in [2.05, 4.69) is 4.74 Å². The molecule has 2 aromatic carbocycles. The van der Waals surface area contributed by atoms with Crippen molar-refractivity contribution in [1.29, 1.82) is 0 Å². The topological polar surface area (TPSA) is 26.3 Å². The number of carbonyl (C=O) groups excluding carboxylic acids is 1. The molecule has 0 spiro atoms. The van der Waals surface area contributed by atoms with Crippen LogP contribution < -0.4 is 4.74 Å². The summed E-state index contributed by atoms with van der Waals surface area (Å²) >= 11 is 0. The molecule has 1 aliphatic carbocycles. The van der Waals surface area contributed by atoms with Gasteiger partial charge < -0.3 is 4.74 Å². The molecule has 0 bridgehead atoms. The molecule has 4 heteroatoms. The number of rotatable bonds is 3. The number of alkyl halides is 2. The first-order valence-corrected chi connectivity index (χ1v) is 7.01. The number of ether oxygens (including phenoxy) is 1. The molecule has 0 aliphatic heterocycles. The summed E-state index contributed by atoms with van der Waals surface area (Å²) in [5.41, 5.74) is 3.36. The molecule has 0 atom stereocenters. The first-order chi connectivity index (χ1) is 10.6. The molecule has 2 aromatic rings. The van der Waals surface area contributed by atoms with Gasteiger partial charge in [0.1, 0.15) is 5.75 Å². The van der Waals surface area contributed by atoms with Gasteiger partial charge in [0.2, 0.25) is 0 Å². The van der Waals surface area contributed by atoms with E-state index in [4.69, 9.17) is 0 Å². The summed E-state index contributed by atoms with van der Waals surface area (Å²) in [6.07, 6.45) is 3.33. The molecule has 2 nitrogen and oxygen atoms in total. The van der Waals surface area contributed by atoms with Crippen LogP contribution in [0.5, 0.6) is 5.75 Å². The maximum absolute atomic E-state index is 12.4. The summed E-state index contributed by atoms with van der Waals surface area (Å²) in [7, 11) is 0. The normalized spacial score (nSPS) is 16.0. The number of Topliss-reactive ketones (excluding diaryl/α,β-unsaturated/α-hetero) is 1. The van der Waals surface area contributed by atoms with Crippen LogP contribution in [0.3, 0.4) is 0 Å². The van der Waals surface area contributed by atoms with Gasteiger partial charge in [-0.05, 0) is 42.2 Å². The summed E-state index contributed by atoms with van der Waals surface area (Å²) in [4.78, 5) is 12.4. The SMILES string of the molecule is O=C1/C(=C\c2ccc(OC(F)F)cc2)CCc2ccccc21. The number of halogens is 2. The molecule has 112 valence electrons. The Balaban J connectivity index is 1.83. The summed E-state index contributed by atoms with van der Waals surface area (Å²) < 4.78 is 28.5. The van der Waals surface area contributed by atoms with E-state index in [0.29, 0.717) is 6.42 Å². The lowest BCUT2D eigenvalue weighted by atomic mass is 9.86. The Morgan fingerprint density at radius 2 is 1.73 bits per heavy atom. The Bertz CT molecular complexity index is 718. The van der Waals surface area contributed by atoms with Crippen LogP contribution >= 0.6 is 0 Å². The number of benzene rings is 2. The molecule has 0 saturated heterocycles. The lowest BCUT2D eigenvalue weighted by molar-refractivity contribution is -0.0498. The Labute approximate surface area is 127 Å². The maximum Gasteiger partial charge on any atom is 0.387 e. The lowest BCUT2D eigenvalue weighted by Gasteiger charge is -2.17. The lowest BCUT2D eigenvalue weighted by Crippen LogP contribution is -2.13. The second-order valence-electron chi connectivity index (χ2n) is 5.10. The van der Waals surface area contributed by atoms with E-state index in [1.807, 2.05) is 30.3 Å². The van der Waals surface area contributed by atoms with Crippen molar-refractivity contribution in [1.82, 2.24) is 0 Å². The van der Waals surface area contributed by atoms with Crippen molar-refractivity contribution in [3.05, 3.63) is 70.8 Å². The zero-order valence-electron chi connectivity index (χ0n) is 11.8. The van der Waals surface area contributed by atoms with Gasteiger partial charge in [0.15, 0.2) is 5.78 Å². The summed E-state index contributed by atoms with van der Waals surface area (Å²) in [5.74, 6) is 0.146. The minimum atomic E-state index is -2.83. The van der Waals surface area contributed by atoms with Crippen LogP contribution in [0.1, 0.15) is 27.9 Å². The van der Waals surface area contributed by atoms with Crippen LogP contribution in [0.2, 0.25) is 0 Å². The van der Waals surface area contributed by atoms with Crippen molar-refractivity contribution >= 4 is 11.9 Å². The molecular weight excluding hydrogens is 286 g/mol. The third-order valence-electron chi connectivity index (χ3n) is 3.66. The quantitative estimate of drug-likeness (QED) is 0.780. The highest BCUT2D eigenvalue weighted by Gasteiger charge is 2.21.